The van der Waals surface area contributed by atoms with Crippen LogP contribution in [0.15, 0.2) is 47.4 Å². The van der Waals surface area contributed by atoms with Gasteiger partial charge in [0.1, 0.15) is 0 Å². The lowest BCUT2D eigenvalue weighted by Crippen LogP contribution is -2.40. The molecule has 0 saturated carbocycles. The Morgan fingerprint density at radius 3 is 2.64 bits per heavy atom. The fourth-order valence-electron chi connectivity index (χ4n) is 2.41. The van der Waals surface area contributed by atoms with Gasteiger partial charge in [0.05, 0.1) is 25.9 Å². The highest BCUT2D eigenvalue weighted by atomic mass is 32.2. The number of fused-ring (bicyclic) bond motifs is 1. The van der Waals surface area contributed by atoms with E-state index in [1.54, 1.807) is 0 Å². The molecule has 1 heterocycles. The van der Waals surface area contributed by atoms with Gasteiger partial charge in [0.15, 0.2) is 15.0 Å². The third-order valence-electron chi connectivity index (χ3n) is 3.70. The maximum Gasteiger partial charge on any atom is 0.327 e. The molecule has 146 valence electrons. The number of anilines is 1. The molecule has 0 spiro atoms. The molecule has 1 aliphatic carbocycles. The first-order valence-electron chi connectivity index (χ1n) is 7.68. The summed E-state index contributed by atoms with van der Waals surface area (Å²) in [4.78, 5) is 28.4. The number of carbonyl (C=O) groups is 2. The van der Waals surface area contributed by atoms with E-state index in [2.05, 4.69) is 15.6 Å². The molecule has 2 N–H and O–H groups in total. The van der Waals surface area contributed by atoms with Crippen LogP contribution in [0.3, 0.4) is 0 Å². The number of aromatic nitrogens is 1. The predicted octanol–water partition coefficient (Wildman–Crippen LogP) is 1.14. The third-order valence-corrected chi connectivity index (χ3v) is 6.52. The molecule has 2 aromatic rings. The van der Waals surface area contributed by atoms with Gasteiger partial charge in [-0.15, -0.1) is 0 Å². The molecule has 0 saturated heterocycles. The minimum atomic E-state index is -3.38. The number of imide groups is 1. The van der Waals surface area contributed by atoms with Gasteiger partial charge >= 0.3 is 6.03 Å². The highest BCUT2D eigenvalue weighted by Gasteiger charge is 2.25. The van der Waals surface area contributed by atoms with Crippen molar-refractivity contribution < 1.29 is 26.4 Å². The van der Waals surface area contributed by atoms with Crippen LogP contribution in [0, 0.1) is 5.92 Å². The average Bonchev–Trinajstić information content (AvgIpc) is 3.01. The Balaban J connectivity index is 1.74. The maximum atomic E-state index is 12.2. The Labute approximate surface area is 165 Å². The standard InChI is InChI=1S/C16H13N3O6S3/c1-28(24,25)9-6-7-11-12(8-9)26-16(17-11)19-15(21)18-14(20)10-4-2-3-5-13(10)27(22)23/h2-8,10H,1H3,(H2,17,18,19,20,21). The summed E-state index contributed by atoms with van der Waals surface area (Å²) in [6.45, 7) is 0. The summed E-state index contributed by atoms with van der Waals surface area (Å²) in [5.74, 6) is -1.92. The molecule has 3 rings (SSSR count). The zero-order chi connectivity index (χ0) is 20.5. The summed E-state index contributed by atoms with van der Waals surface area (Å²) in [6.07, 6.45) is 6.70. The molecule has 1 aromatic carbocycles. The van der Waals surface area contributed by atoms with Crippen LogP contribution < -0.4 is 10.6 Å². The number of hydrogen-bond acceptors (Lipinski definition) is 8. The number of allylic oxidation sites excluding steroid dienone is 3. The van der Waals surface area contributed by atoms with Gasteiger partial charge in [0.25, 0.3) is 0 Å². The molecule has 0 fully saturated rings. The van der Waals surface area contributed by atoms with E-state index in [-0.39, 0.29) is 14.9 Å². The summed E-state index contributed by atoms with van der Waals surface area (Å²) in [5, 5.41) is 4.61. The van der Waals surface area contributed by atoms with Gasteiger partial charge in [-0.3, -0.25) is 15.4 Å². The number of sulfone groups is 1. The first-order valence-corrected chi connectivity index (χ1v) is 11.5. The minimum absolute atomic E-state index is 0.126. The monoisotopic (exact) mass is 439 g/mol. The predicted molar refractivity (Wildman–Crippen MR) is 106 cm³/mol. The second kappa shape index (κ2) is 7.66. The summed E-state index contributed by atoms with van der Waals surface area (Å²) < 4.78 is 46.2. The van der Waals surface area contributed by atoms with E-state index in [1.807, 2.05) is 0 Å². The number of benzene rings is 1. The van der Waals surface area contributed by atoms with E-state index in [4.69, 9.17) is 0 Å². The molecule has 0 aliphatic heterocycles. The zero-order valence-electron chi connectivity index (χ0n) is 14.2. The molecule has 12 heteroatoms. The van der Waals surface area contributed by atoms with Crippen LogP contribution in [0.5, 0.6) is 0 Å². The minimum Gasteiger partial charge on any atom is -0.283 e. The number of nitrogens with one attached hydrogen (secondary N) is 2. The van der Waals surface area contributed by atoms with Crippen LogP contribution in [-0.2, 0) is 24.9 Å². The highest BCUT2D eigenvalue weighted by molar-refractivity contribution is 7.90. The zero-order valence-corrected chi connectivity index (χ0v) is 16.7. The van der Waals surface area contributed by atoms with Crippen LogP contribution in [0.2, 0.25) is 0 Å². The van der Waals surface area contributed by atoms with Gasteiger partial charge < -0.3 is 0 Å². The number of carbonyl (C=O) groups excluding carboxylic acids is 2. The molecular formula is C16H13N3O6S3. The first-order chi connectivity index (χ1) is 13.1. The fourth-order valence-corrected chi connectivity index (χ4v) is 4.61. The van der Waals surface area contributed by atoms with Crippen molar-refractivity contribution in [1.82, 2.24) is 10.3 Å². The van der Waals surface area contributed by atoms with Crippen molar-refractivity contribution in [1.29, 1.82) is 0 Å². The van der Waals surface area contributed by atoms with Crippen molar-refractivity contribution in [2.24, 2.45) is 5.92 Å². The van der Waals surface area contributed by atoms with E-state index in [1.165, 1.54) is 42.5 Å². The van der Waals surface area contributed by atoms with Crippen molar-refractivity contribution in [3.8, 4) is 0 Å². The molecule has 28 heavy (non-hydrogen) atoms. The van der Waals surface area contributed by atoms with Gasteiger partial charge in [-0.05, 0) is 24.3 Å². The number of nitrogens with zero attached hydrogens (tertiary/aromatic N) is 1. The fraction of sp³-hybridized carbons (Fsp3) is 0.125. The second-order valence-corrected chi connectivity index (χ2v) is 9.71. The lowest BCUT2D eigenvalue weighted by atomic mass is 10.00. The van der Waals surface area contributed by atoms with Gasteiger partial charge in [-0.2, -0.15) is 8.42 Å². The Bertz CT molecular complexity index is 1280. The molecule has 3 amide bonds. The van der Waals surface area contributed by atoms with Crippen LogP contribution >= 0.6 is 11.3 Å². The molecular weight excluding hydrogens is 426 g/mol. The molecule has 0 bridgehead atoms. The third kappa shape index (κ3) is 4.35. The van der Waals surface area contributed by atoms with Gasteiger partial charge in [0.2, 0.25) is 16.2 Å². The van der Waals surface area contributed by atoms with Gasteiger partial charge in [-0.25, -0.2) is 18.2 Å². The van der Waals surface area contributed by atoms with E-state index in [9.17, 15) is 26.4 Å². The Kier molecular flexibility index (Phi) is 5.45. The van der Waals surface area contributed by atoms with E-state index in [0.29, 0.717) is 10.2 Å². The SMILES string of the molecule is CS(=O)(=O)c1ccc2nc(NC(=O)NC(=O)C3C=CC=CC3=S(=O)=O)sc2c1. The van der Waals surface area contributed by atoms with Crippen molar-refractivity contribution in [3.05, 3.63) is 42.5 Å². The van der Waals surface area contributed by atoms with Gasteiger partial charge in [-0.1, -0.05) is 29.6 Å². The summed E-state index contributed by atoms with van der Waals surface area (Å²) in [6, 6.07) is 3.49. The van der Waals surface area contributed by atoms with Crippen molar-refractivity contribution in [2.45, 2.75) is 4.90 Å². The molecule has 9 nitrogen and oxygen atoms in total. The normalized spacial score (nSPS) is 16.2. The second-order valence-electron chi connectivity index (χ2n) is 5.72. The average molecular weight is 439 g/mol. The van der Waals surface area contributed by atoms with Gasteiger partial charge in [0, 0.05) is 6.26 Å². The number of rotatable bonds is 3. The number of urea groups is 1. The molecule has 1 atom stereocenters. The number of amides is 3. The molecule has 0 radical (unpaired) electrons. The van der Waals surface area contributed by atoms with Crippen molar-refractivity contribution >= 4 is 63.6 Å². The number of hydrogen-bond donors (Lipinski definition) is 2. The van der Waals surface area contributed by atoms with Crippen molar-refractivity contribution in [3.63, 3.8) is 0 Å². The number of thiazole rings is 1. The largest absolute Gasteiger partial charge is 0.327 e. The van der Waals surface area contributed by atoms with Crippen LogP contribution in [0.1, 0.15) is 0 Å². The Morgan fingerprint density at radius 2 is 1.96 bits per heavy atom. The quantitative estimate of drug-likeness (QED) is 0.684. The van der Waals surface area contributed by atoms with Crippen molar-refractivity contribution in [2.75, 3.05) is 11.6 Å². The van der Waals surface area contributed by atoms with E-state index >= 15 is 0 Å². The van der Waals surface area contributed by atoms with Crippen LogP contribution in [0.4, 0.5) is 9.93 Å². The maximum absolute atomic E-state index is 12.2. The molecule has 1 aliphatic rings. The topological polar surface area (TPSA) is 139 Å². The summed E-state index contributed by atoms with van der Waals surface area (Å²) in [7, 11) is -5.98. The lowest BCUT2D eigenvalue weighted by Gasteiger charge is -2.12. The van der Waals surface area contributed by atoms with Crippen LogP contribution in [-0.4, -0.2) is 44.9 Å². The Hall–Kier alpha value is -2.83. The van der Waals surface area contributed by atoms with Crippen LogP contribution in [0.25, 0.3) is 10.2 Å². The summed E-state index contributed by atoms with van der Waals surface area (Å²) in [5.41, 5.74) is 0.483. The smallest absolute Gasteiger partial charge is 0.283 e. The Morgan fingerprint density at radius 1 is 1.21 bits per heavy atom. The van der Waals surface area contributed by atoms with E-state index in [0.717, 1.165) is 17.6 Å². The van der Waals surface area contributed by atoms with E-state index < -0.39 is 38.0 Å². The molecule has 1 unspecified atom stereocenters. The highest BCUT2D eigenvalue weighted by Crippen LogP contribution is 2.28. The molecule has 1 aromatic heterocycles. The lowest BCUT2D eigenvalue weighted by molar-refractivity contribution is -0.120. The summed E-state index contributed by atoms with van der Waals surface area (Å²) >= 11 is 1.04. The first kappa shape index (κ1) is 19.9.